The van der Waals surface area contributed by atoms with Crippen molar-refractivity contribution in [2.24, 2.45) is 5.41 Å². The highest BCUT2D eigenvalue weighted by Crippen LogP contribution is 2.41. The number of carbonyl (C=O) groups is 5. The molecule has 0 radical (unpaired) electrons. The van der Waals surface area contributed by atoms with E-state index in [9.17, 15) is 24.0 Å². The van der Waals surface area contributed by atoms with Gasteiger partial charge in [-0.15, -0.1) is 10.2 Å². The molecular weight excluding hydrogens is 802 g/mol. The van der Waals surface area contributed by atoms with Gasteiger partial charge in [-0.1, -0.05) is 11.6 Å². The summed E-state index contributed by atoms with van der Waals surface area (Å²) in [4.78, 5) is 70.0. The molecule has 5 aliphatic rings. The molecule has 5 amide bonds. The van der Waals surface area contributed by atoms with E-state index in [-0.39, 0.29) is 47.6 Å². The van der Waals surface area contributed by atoms with Crippen LogP contribution in [0.5, 0.6) is 11.5 Å². The maximum atomic E-state index is 13.6. The normalized spacial score (nSPS) is 22.5. The molecular formula is C44H46ClN9O7. The lowest BCUT2D eigenvalue weighted by Crippen LogP contribution is -2.61. The zero-order valence-corrected chi connectivity index (χ0v) is 34.6. The van der Waals surface area contributed by atoms with Gasteiger partial charge < -0.3 is 24.3 Å². The summed E-state index contributed by atoms with van der Waals surface area (Å²) in [6.45, 7) is 7.31. The summed E-state index contributed by atoms with van der Waals surface area (Å²) in [6, 6.07) is 15.3. The predicted molar refractivity (Wildman–Crippen MR) is 222 cm³/mol. The number of nitriles is 1. The van der Waals surface area contributed by atoms with Crippen LogP contribution in [0, 0.1) is 16.7 Å². The highest BCUT2D eigenvalue weighted by Gasteiger charge is 2.48. The van der Waals surface area contributed by atoms with Gasteiger partial charge in [0.2, 0.25) is 11.8 Å². The van der Waals surface area contributed by atoms with Crippen LogP contribution in [0.15, 0.2) is 48.5 Å². The van der Waals surface area contributed by atoms with Crippen LogP contribution >= 0.6 is 11.6 Å². The number of hydrogen-bond acceptors (Lipinski definition) is 12. The van der Waals surface area contributed by atoms with Crippen LogP contribution in [0.1, 0.15) is 95.2 Å². The molecule has 2 N–H and O–H groups in total. The number of amides is 5. The van der Waals surface area contributed by atoms with Gasteiger partial charge in [0.25, 0.3) is 17.7 Å². The Hall–Kier alpha value is -6.05. The Balaban J connectivity index is 0.709. The summed E-state index contributed by atoms with van der Waals surface area (Å²) in [5.41, 5.74) is 2.24. The number of imide groups is 2. The molecule has 1 aliphatic carbocycles. The zero-order chi connectivity index (χ0) is 42.4. The Kier molecular flexibility index (Phi) is 10.9. The number of piperidine rings is 2. The number of halogens is 1. The van der Waals surface area contributed by atoms with Crippen LogP contribution in [0.4, 0.5) is 5.82 Å². The minimum atomic E-state index is -1.01. The first-order chi connectivity index (χ1) is 29.5. The monoisotopic (exact) mass is 847 g/mol. The predicted octanol–water partition coefficient (Wildman–Crippen LogP) is 4.48. The van der Waals surface area contributed by atoms with E-state index < -0.39 is 29.7 Å². The molecule has 1 unspecified atom stereocenters. The largest absolute Gasteiger partial charge is 0.492 e. The van der Waals surface area contributed by atoms with E-state index in [2.05, 4.69) is 36.7 Å². The first kappa shape index (κ1) is 40.4. The molecule has 61 heavy (non-hydrogen) atoms. The minimum absolute atomic E-state index is 0.0159. The summed E-state index contributed by atoms with van der Waals surface area (Å²) in [7, 11) is 0. The molecule has 9 rings (SSSR count). The van der Waals surface area contributed by atoms with Crippen molar-refractivity contribution < 1.29 is 33.4 Å². The molecule has 1 atom stereocenters. The van der Waals surface area contributed by atoms with Gasteiger partial charge in [0.1, 0.15) is 35.9 Å². The smallest absolute Gasteiger partial charge is 0.278 e. The second kappa shape index (κ2) is 16.4. The number of likely N-dealkylation sites (tertiary alicyclic amines) is 1. The quantitative estimate of drug-likeness (QED) is 0.202. The molecule has 16 nitrogen and oxygen atoms in total. The fourth-order valence-electron chi connectivity index (χ4n) is 9.66. The van der Waals surface area contributed by atoms with Crippen molar-refractivity contribution in [1.82, 2.24) is 35.2 Å². The Morgan fingerprint density at radius 2 is 1.74 bits per heavy atom. The van der Waals surface area contributed by atoms with Crippen LogP contribution in [-0.4, -0.2) is 112 Å². The molecule has 316 valence electrons. The average Bonchev–Trinajstić information content (AvgIpc) is 3.71. The molecule has 3 saturated heterocycles. The van der Waals surface area contributed by atoms with Gasteiger partial charge in [0, 0.05) is 69.3 Å². The van der Waals surface area contributed by atoms with Crippen molar-refractivity contribution in [3.8, 4) is 17.6 Å². The number of nitrogens with zero attached hydrogens (tertiary/aromatic N) is 7. The van der Waals surface area contributed by atoms with Gasteiger partial charge in [-0.25, -0.2) is 0 Å². The molecule has 17 heteroatoms. The Morgan fingerprint density at radius 3 is 2.43 bits per heavy atom. The third-order valence-corrected chi connectivity index (χ3v) is 13.2. The summed E-state index contributed by atoms with van der Waals surface area (Å²) in [6.07, 6.45) is 5.40. The fraction of sp³-hybridized carbons (Fsp3) is 0.455. The van der Waals surface area contributed by atoms with Crippen molar-refractivity contribution in [2.75, 3.05) is 44.2 Å². The highest BCUT2D eigenvalue weighted by molar-refractivity contribution is 6.32. The summed E-state index contributed by atoms with van der Waals surface area (Å²) >= 11 is 6.15. The van der Waals surface area contributed by atoms with Crippen LogP contribution in [0.25, 0.3) is 10.9 Å². The van der Waals surface area contributed by atoms with Gasteiger partial charge in [-0.2, -0.15) is 5.26 Å². The maximum Gasteiger partial charge on any atom is 0.278 e. The van der Waals surface area contributed by atoms with E-state index in [1.807, 2.05) is 25.1 Å². The number of anilines is 1. The second-order valence-corrected chi connectivity index (χ2v) is 17.1. The highest BCUT2D eigenvalue weighted by atomic mass is 35.5. The minimum Gasteiger partial charge on any atom is -0.492 e. The third-order valence-electron chi connectivity index (χ3n) is 12.9. The molecule has 2 aromatic heterocycles. The average molecular weight is 848 g/mol. The van der Waals surface area contributed by atoms with Gasteiger partial charge in [0.15, 0.2) is 11.5 Å². The van der Waals surface area contributed by atoms with Gasteiger partial charge in [0.05, 0.1) is 27.8 Å². The zero-order valence-electron chi connectivity index (χ0n) is 33.8. The number of aryl methyl sites for hydroxylation is 1. The van der Waals surface area contributed by atoms with Crippen LogP contribution in [0.2, 0.25) is 5.02 Å². The Labute approximate surface area is 357 Å². The van der Waals surface area contributed by atoms with Crippen molar-refractivity contribution in [3.63, 3.8) is 0 Å². The molecule has 4 fully saturated rings. The molecule has 4 aromatic rings. The Bertz CT molecular complexity index is 2460. The third kappa shape index (κ3) is 7.76. The van der Waals surface area contributed by atoms with Gasteiger partial charge in [-0.3, -0.25) is 39.1 Å². The molecule has 1 spiro atoms. The van der Waals surface area contributed by atoms with Gasteiger partial charge >= 0.3 is 0 Å². The first-order valence-electron chi connectivity index (χ1n) is 21.0. The van der Waals surface area contributed by atoms with Crippen molar-refractivity contribution >= 4 is 57.9 Å². The van der Waals surface area contributed by atoms with E-state index in [0.717, 1.165) is 87.5 Å². The molecule has 6 heterocycles. The van der Waals surface area contributed by atoms with Crippen molar-refractivity contribution in [2.45, 2.75) is 83.0 Å². The van der Waals surface area contributed by atoms with E-state index in [1.165, 1.54) is 0 Å². The number of benzene rings is 2. The second-order valence-electron chi connectivity index (χ2n) is 16.7. The van der Waals surface area contributed by atoms with E-state index >= 15 is 0 Å². The van der Waals surface area contributed by atoms with Crippen molar-refractivity contribution in [1.29, 1.82) is 5.26 Å². The standard InChI is InChI=1S/C44H46ClN9O7/c1-2-53-35-22-29(9-10-31(35)38-39(53)43(59)54(42(38)58)34-12-14-37(55)48-41(34)57)60-20-19-51-24-44(25-51)15-17-52(18-16-44)36-13-11-33(49-50-36)40(56)47-27-4-7-28(8-5-27)61-30-6-3-26(23-46)32(45)21-30/h3,6,9-11,13,21-22,27-28,34H,2,4-5,7-8,12,14-20,24-25H2,1H3,(H,47,56)(H,48,55,57). The van der Waals surface area contributed by atoms with Gasteiger partial charge in [-0.05, 0) is 93.7 Å². The number of aromatic nitrogens is 3. The molecule has 2 aromatic carbocycles. The van der Waals surface area contributed by atoms with Crippen LogP contribution in [-0.2, 0) is 16.1 Å². The van der Waals surface area contributed by atoms with Crippen LogP contribution < -0.4 is 25.0 Å². The number of ether oxygens (including phenoxy) is 2. The molecule has 1 saturated carbocycles. The summed E-state index contributed by atoms with van der Waals surface area (Å²) in [5, 5.41) is 24.2. The topological polar surface area (TPSA) is 192 Å². The molecule has 4 aliphatic heterocycles. The lowest BCUT2D eigenvalue weighted by molar-refractivity contribution is -0.136. The SMILES string of the molecule is CCn1c2c(c3ccc(OCCN4CC5(CCN(c6ccc(C(=O)NC7CCC(Oc8ccc(C#N)c(Cl)c8)CC7)nn6)CC5)C4)cc31)C(=O)N(C1CCC(=O)NC1=O)C2=O. The number of hydrogen-bond donors (Lipinski definition) is 2. The fourth-order valence-corrected chi connectivity index (χ4v) is 9.87. The first-order valence-corrected chi connectivity index (χ1v) is 21.4. The number of fused-ring (bicyclic) bond motifs is 3. The van der Waals surface area contributed by atoms with E-state index in [4.69, 9.17) is 26.3 Å². The summed E-state index contributed by atoms with van der Waals surface area (Å²) < 4.78 is 14.1. The number of nitrogens with one attached hydrogen (secondary N) is 2. The Morgan fingerprint density at radius 1 is 0.967 bits per heavy atom. The maximum absolute atomic E-state index is 13.6. The number of carbonyl (C=O) groups excluding carboxylic acids is 5. The number of rotatable bonds is 11. The van der Waals surface area contributed by atoms with E-state index in [0.29, 0.717) is 46.3 Å². The summed E-state index contributed by atoms with van der Waals surface area (Å²) in [5.74, 6) is -0.249. The van der Waals surface area contributed by atoms with E-state index in [1.54, 1.807) is 34.9 Å². The van der Waals surface area contributed by atoms with Crippen molar-refractivity contribution in [3.05, 3.63) is 76.1 Å². The lowest BCUT2D eigenvalue weighted by atomic mass is 9.72. The van der Waals surface area contributed by atoms with Crippen LogP contribution in [0.3, 0.4) is 0 Å². The molecule has 0 bridgehead atoms. The lowest BCUT2D eigenvalue weighted by Gasteiger charge is -2.54.